The van der Waals surface area contributed by atoms with Crippen molar-refractivity contribution < 1.29 is 5.11 Å². The van der Waals surface area contributed by atoms with E-state index in [2.05, 4.69) is 31.8 Å². The molecular formula is C16H25NO. The summed E-state index contributed by atoms with van der Waals surface area (Å²) in [5, 5.41) is 11.1. The molecule has 1 aliphatic carbocycles. The number of pyridine rings is 1. The van der Waals surface area contributed by atoms with E-state index < -0.39 is 5.60 Å². The van der Waals surface area contributed by atoms with Crippen LogP contribution in [0.4, 0.5) is 0 Å². The Labute approximate surface area is 110 Å². The van der Waals surface area contributed by atoms with Crippen LogP contribution in [-0.4, -0.2) is 15.7 Å². The van der Waals surface area contributed by atoms with Gasteiger partial charge in [-0.3, -0.25) is 4.98 Å². The highest BCUT2D eigenvalue weighted by Crippen LogP contribution is 2.42. The van der Waals surface area contributed by atoms with Gasteiger partial charge in [-0.1, -0.05) is 33.3 Å². The van der Waals surface area contributed by atoms with Crippen molar-refractivity contribution in [2.75, 3.05) is 0 Å². The predicted octanol–water partition coefficient (Wildman–Crippen LogP) is 3.45. The topological polar surface area (TPSA) is 33.1 Å². The van der Waals surface area contributed by atoms with E-state index in [1.807, 2.05) is 12.3 Å². The lowest BCUT2D eigenvalue weighted by atomic mass is 9.65. The third kappa shape index (κ3) is 2.92. The fourth-order valence-corrected chi connectivity index (χ4v) is 3.60. The molecule has 2 nitrogen and oxygen atoms in total. The van der Waals surface area contributed by atoms with E-state index in [4.69, 9.17) is 0 Å². The first kappa shape index (κ1) is 13.5. The van der Waals surface area contributed by atoms with Crippen molar-refractivity contribution in [1.82, 2.24) is 4.98 Å². The van der Waals surface area contributed by atoms with Crippen molar-refractivity contribution in [3.63, 3.8) is 0 Å². The van der Waals surface area contributed by atoms with E-state index >= 15 is 0 Å². The minimum absolute atomic E-state index is 0.411. The van der Waals surface area contributed by atoms with Gasteiger partial charge in [-0.25, -0.2) is 0 Å². The molecule has 1 heterocycles. The average Bonchev–Trinajstić information content (AvgIpc) is 2.28. The Morgan fingerprint density at radius 3 is 2.83 bits per heavy atom. The molecule has 0 radical (unpaired) electrons. The molecule has 0 aromatic carbocycles. The molecule has 0 aliphatic heterocycles. The lowest BCUT2D eigenvalue weighted by molar-refractivity contribution is -0.0795. The summed E-state index contributed by atoms with van der Waals surface area (Å²) in [5.41, 5.74) is 0.606. The molecule has 1 aliphatic rings. The highest BCUT2D eigenvalue weighted by atomic mass is 16.3. The SMILES string of the molecule is CC1CCC(C(C)C)C(O)(Cc2cccnc2)C1. The third-order valence-electron chi connectivity index (χ3n) is 4.40. The van der Waals surface area contributed by atoms with E-state index in [1.165, 1.54) is 6.42 Å². The molecule has 2 heteroatoms. The van der Waals surface area contributed by atoms with Gasteiger partial charge in [0.05, 0.1) is 5.60 Å². The van der Waals surface area contributed by atoms with Crippen LogP contribution in [0.2, 0.25) is 0 Å². The van der Waals surface area contributed by atoms with Crippen LogP contribution in [0.1, 0.15) is 45.6 Å². The zero-order valence-electron chi connectivity index (χ0n) is 11.8. The zero-order valence-corrected chi connectivity index (χ0v) is 11.8. The quantitative estimate of drug-likeness (QED) is 0.887. The maximum Gasteiger partial charge on any atom is 0.0721 e. The van der Waals surface area contributed by atoms with Crippen molar-refractivity contribution in [2.24, 2.45) is 17.8 Å². The van der Waals surface area contributed by atoms with Gasteiger partial charge < -0.3 is 5.11 Å². The fourth-order valence-electron chi connectivity index (χ4n) is 3.60. The summed E-state index contributed by atoms with van der Waals surface area (Å²) in [6.45, 7) is 6.72. The molecule has 1 saturated carbocycles. The average molecular weight is 247 g/mol. The highest BCUT2D eigenvalue weighted by molar-refractivity contribution is 5.13. The molecule has 1 fully saturated rings. The number of hydrogen-bond acceptors (Lipinski definition) is 2. The van der Waals surface area contributed by atoms with Gasteiger partial charge in [-0.2, -0.15) is 0 Å². The van der Waals surface area contributed by atoms with Crippen molar-refractivity contribution in [3.05, 3.63) is 30.1 Å². The Morgan fingerprint density at radius 1 is 1.44 bits per heavy atom. The first-order valence-corrected chi connectivity index (χ1v) is 7.12. The summed E-state index contributed by atoms with van der Waals surface area (Å²) in [6.07, 6.45) is 7.73. The Hall–Kier alpha value is -0.890. The van der Waals surface area contributed by atoms with Gasteiger partial charge in [0.25, 0.3) is 0 Å². The van der Waals surface area contributed by atoms with E-state index in [0.29, 0.717) is 17.8 Å². The molecule has 1 N–H and O–H groups in total. The van der Waals surface area contributed by atoms with Crippen LogP contribution >= 0.6 is 0 Å². The van der Waals surface area contributed by atoms with E-state index in [-0.39, 0.29) is 0 Å². The molecule has 3 atom stereocenters. The van der Waals surface area contributed by atoms with Gasteiger partial charge >= 0.3 is 0 Å². The van der Waals surface area contributed by atoms with Crippen LogP contribution in [0.3, 0.4) is 0 Å². The summed E-state index contributed by atoms with van der Waals surface area (Å²) in [6, 6.07) is 4.02. The lowest BCUT2D eigenvalue weighted by Gasteiger charge is -2.45. The van der Waals surface area contributed by atoms with Crippen molar-refractivity contribution >= 4 is 0 Å². The molecule has 1 aromatic rings. The minimum Gasteiger partial charge on any atom is -0.389 e. The van der Waals surface area contributed by atoms with Gasteiger partial charge in [-0.15, -0.1) is 0 Å². The number of aromatic nitrogens is 1. The van der Waals surface area contributed by atoms with Gasteiger partial charge in [-0.05, 0) is 42.2 Å². The Kier molecular flexibility index (Phi) is 4.06. The molecule has 0 bridgehead atoms. The largest absolute Gasteiger partial charge is 0.389 e. The highest BCUT2D eigenvalue weighted by Gasteiger charge is 2.42. The number of nitrogens with zero attached hydrogens (tertiary/aromatic N) is 1. The first-order chi connectivity index (χ1) is 8.51. The summed E-state index contributed by atoms with van der Waals surface area (Å²) >= 11 is 0. The molecule has 0 saturated heterocycles. The first-order valence-electron chi connectivity index (χ1n) is 7.12. The monoisotopic (exact) mass is 247 g/mol. The molecule has 2 rings (SSSR count). The van der Waals surface area contributed by atoms with Gasteiger partial charge in [0.2, 0.25) is 0 Å². The van der Waals surface area contributed by atoms with Gasteiger partial charge in [0.1, 0.15) is 0 Å². The second-order valence-corrected chi connectivity index (χ2v) is 6.38. The molecule has 18 heavy (non-hydrogen) atoms. The maximum atomic E-state index is 11.1. The van der Waals surface area contributed by atoms with Crippen LogP contribution in [0.15, 0.2) is 24.5 Å². The van der Waals surface area contributed by atoms with E-state index in [9.17, 15) is 5.11 Å². The number of hydrogen-bond donors (Lipinski definition) is 1. The van der Waals surface area contributed by atoms with Crippen LogP contribution in [0, 0.1) is 17.8 Å². The molecule has 100 valence electrons. The second-order valence-electron chi connectivity index (χ2n) is 6.38. The summed E-state index contributed by atoms with van der Waals surface area (Å²) in [4.78, 5) is 4.16. The Balaban J connectivity index is 2.19. The predicted molar refractivity (Wildman–Crippen MR) is 74.2 cm³/mol. The molecule has 0 spiro atoms. The van der Waals surface area contributed by atoms with Crippen LogP contribution in [-0.2, 0) is 6.42 Å². The van der Waals surface area contributed by atoms with Crippen LogP contribution < -0.4 is 0 Å². The van der Waals surface area contributed by atoms with Gasteiger partial charge in [0, 0.05) is 18.8 Å². The zero-order chi connectivity index (χ0) is 13.2. The van der Waals surface area contributed by atoms with E-state index in [1.54, 1.807) is 6.20 Å². The van der Waals surface area contributed by atoms with Crippen LogP contribution in [0.25, 0.3) is 0 Å². The minimum atomic E-state index is -0.547. The summed E-state index contributed by atoms with van der Waals surface area (Å²) in [5.74, 6) is 1.58. The van der Waals surface area contributed by atoms with Crippen molar-refractivity contribution in [2.45, 2.75) is 52.1 Å². The molecular weight excluding hydrogens is 222 g/mol. The maximum absolute atomic E-state index is 11.1. The fraction of sp³-hybridized carbons (Fsp3) is 0.688. The lowest BCUT2D eigenvalue weighted by Crippen LogP contribution is -2.47. The Bertz CT molecular complexity index is 376. The molecule has 1 aromatic heterocycles. The summed E-state index contributed by atoms with van der Waals surface area (Å²) in [7, 11) is 0. The standard InChI is InChI=1S/C16H25NO/c1-12(2)15-7-6-13(3)9-16(15,18)10-14-5-4-8-17-11-14/h4-5,8,11-13,15,18H,6-7,9-10H2,1-3H3. The number of rotatable bonds is 3. The third-order valence-corrected chi connectivity index (χ3v) is 4.40. The summed E-state index contributed by atoms with van der Waals surface area (Å²) < 4.78 is 0. The van der Waals surface area contributed by atoms with Crippen LogP contribution in [0.5, 0.6) is 0 Å². The van der Waals surface area contributed by atoms with Crippen molar-refractivity contribution in [1.29, 1.82) is 0 Å². The molecule has 3 unspecified atom stereocenters. The second kappa shape index (κ2) is 5.40. The van der Waals surface area contributed by atoms with Gasteiger partial charge in [0.15, 0.2) is 0 Å². The molecule has 0 amide bonds. The van der Waals surface area contributed by atoms with E-state index in [0.717, 1.165) is 24.8 Å². The van der Waals surface area contributed by atoms with Crippen molar-refractivity contribution in [3.8, 4) is 0 Å². The smallest absolute Gasteiger partial charge is 0.0721 e. The normalized spacial score (nSPS) is 32.7. The Morgan fingerprint density at radius 2 is 2.22 bits per heavy atom. The number of aliphatic hydroxyl groups is 1.